The first-order valence-corrected chi connectivity index (χ1v) is 6.10. The van der Waals surface area contributed by atoms with Crippen molar-refractivity contribution in [3.8, 4) is 0 Å². The van der Waals surface area contributed by atoms with E-state index in [1.807, 2.05) is 4.90 Å². The van der Waals surface area contributed by atoms with E-state index in [1.54, 1.807) is 12.3 Å². The normalized spacial score (nSPS) is 17.1. The third kappa shape index (κ3) is 3.00. The van der Waals surface area contributed by atoms with Gasteiger partial charge in [-0.15, -0.1) is 0 Å². The Bertz CT molecular complexity index is 360. The Hall–Kier alpha value is -1.49. The molecule has 0 saturated carbocycles. The van der Waals surface area contributed by atoms with E-state index in [2.05, 4.69) is 22.4 Å². The fraction of sp³-hybridized carbons (Fsp3) is 0.583. The number of likely N-dealkylation sites (tertiary alicyclic amines) is 1. The third-order valence-corrected chi connectivity index (χ3v) is 3.11. The Balaban J connectivity index is 1.91. The molecular formula is C12H18N4O. The van der Waals surface area contributed by atoms with Crippen LogP contribution in [0, 0.1) is 0 Å². The number of nitrogens with zero attached hydrogens (tertiary/aromatic N) is 3. The molecule has 0 aromatic carbocycles. The lowest BCUT2D eigenvalue weighted by Crippen LogP contribution is -2.44. The average Bonchev–Trinajstić information content (AvgIpc) is 2.40. The Morgan fingerprint density at radius 3 is 2.82 bits per heavy atom. The van der Waals surface area contributed by atoms with Gasteiger partial charge in [-0.25, -0.2) is 0 Å². The molecule has 1 saturated heterocycles. The number of amides is 1. The highest BCUT2D eigenvalue weighted by Gasteiger charge is 2.22. The molecule has 1 amide bonds. The summed E-state index contributed by atoms with van der Waals surface area (Å²) < 4.78 is 0. The van der Waals surface area contributed by atoms with Crippen LogP contribution in [0.25, 0.3) is 0 Å². The molecular weight excluding hydrogens is 216 g/mol. The average molecular weight is 234 g/mol. The molecule has 0 unspecified atom stereocenters. The number of hydrogen-bond acceptors (Lipinski definition) is 4. The summed E-state index contributed by atoms with van der Waals surface area (Å²) in [5.41, 5.74) is 0.627. The molecule has 1 N–H and O–H groups in total. The molecule has 0 atom stereocenters. The Kier molecular flexibility index (Phi) is 4.03. The zero-order chi connectivity index (χ0) is 12.1. The number of aromatic nitrogens is 2. The Morgan fingerprint density at radius 1 is 1.47 bits per heavy atom. The van der Waals surface area contributed by atoms with Gasteiger partial charge in [0.2, 0.25) is 0 Å². The van der Waals surface area contributed by atoms with Crippen molar-refractivity contribution in [3.63, 3.8) is 0 Å². The van der Waals surface area contributed by atoms with Gasteiger partial charge < -0.3 is 10.2 Å². The molecule has 0 spiro atoms. The van der Waals surface area contributed by atoms with E-state index >= 15 is 0 Å². The summed E-state index contributed by atoms with van der Waals surface area (Å²) >= 11 is 0. The Labute approximate surface area is 101 Å². The number of rotatable bonds is 3. The zero-order valence-electron chi connectivity index (χ0n) is 10.1. The number of carbonyl (C=O) groups is 1. The molecule has 2 rings (SSSR count). The summed E-state index contributed by atoms with van der Waals surface area (Å²) in [5.74, 6) is 0.0647. The molecule has 1 aromatic heterocycles. The van der Waals surface area contributed by atoms with E-state index in [0.29, 0.717) is 11.6 Å². The van der Waals surface area contributed by atoms with Crippen LogP contribution in [-0.2, 0) is 0 Å². The minimum absolute atomic E-state index is 0.0647. The summed E-state index contributed by atoms with van der Waals surface area (Å²) in [7, 11) is 0. The lowest BCUT2D eigenvalue weighted by atomic mass is 10.0. The summed E-state index contributed by atoms with van der Waals surface area (Å²) in [6, 6.07) is 2.27. The van der Waals surface area contributed by atoms with Gasteiger partial charge in [-0.1, -0.05) is 6.92 Å². The molecule has 0 aliphatic carbocycles. The van der Waals surface area contributed by atoms with Crippen LogP contribution in [0.2, 0.25) is 0 Å². The summed E-state index contributed by atoms with van der Waals surface area (Å²) in [6.07, 6.45) is 5.13. The van der Waals surface area contributed by atoms with Crippen molar-refractivity contribution in [2.75, 3.05) is 19.6 Å². The fourth-order valence-electron chi connectivity index (χ4n) is 2.18. The predicted molar refractivity (Wildman–Crippen MR) is 64.6 cm³/mol. The van der Waals surface area contributed by atoms with Crippen molar-refractivity contribution in [2.45, 2.75) is 25.8 Å². The van der Waals surface area contributed by atoms with E-state index < -0.39 is 0 Å². The van der Waals surface area contributed by atoms with E-state index in [-0.39, 0.29) is 5.91 Å². The smallest absolute Gasteiger partial charge is 0.255 e. The number of hydrogen-bond donors (Lipinski definition) is 1. The van der Waals surface area contributed by atoms with Crippen LogP contribution in [0.1, 0.15) is 30.1 Å². The topological polar surface area (TPSA) is 58.1 Å². The molecule has 0 radical (unpaired) electrons. The lowest BCUT2D eigenvalue weighted by Gasteiger charge is -2.32. The maximum atomic E-state index is 12.1. The molecule has 92 valence electrons. The summed E-state index contributed by atoms with van der Waals surface area (Å²) in [5, 5.41) is 10.8. The van der Waals surface area contributed by atoms with Crippen LogP contribution in [-0.4, -0.2) is 46.7 Å². The molecule has 5 heteroatoms. The minimum atomic E-state index is 0.0647. The standard InChI is InChI=1S/C12H18N4O/c1-2-13-11-4-7-16(8-5-11)12(17)10-3-6-14-15-9-10/h3,6,9,11,13H,2,4-5,7-8H2,1H3. The van der Waals surface area contributed by atoms with Crippen molar-refractivity contribution in [1.82, 2.24) is 20.4 Å². The SMILES string of the molecule is CCNC1CCN(C(=O)c2ccnnc2)CC1. The maximum Gasteiger partial charge on any atom is 0.255 e. The van der Waals surface area contributed by atoms with Crippen molar-refractivity contribution < 1.29 is 4.79 Å². The van der Waals surface area contributed by atoms with Crippen LogP contribution in [0.4, 0.5) is 0 Å². The lowest BCUT2D eigenvalue weighted by molar-refractivity contribution is 0.0705. The van der Waals surface area contributed by atoms with Crippen molar-refractivity contribution in [3.05, 3.63) is 24.0 Å². The van der Waals surface area contributed by atoms with Crippen LogP contribution >= 0.6 is 0 Å². The number of nitrogens with one attached hydrogen (secondary N) is 1. The number of carbonyl (C=O) groups excluding carboxylic acids is 1. The quantitative estimate of drug-likeness (QED) is 0.836. The van der Waals surface area contributed by atoms with Crippen LogP contribution in [0.3, 0.4) is 0 Å². The van der Waals surface area contributed by atoms with Gasteiger partial charge in [0.25, 0.3) is 5.91 Å². The van der Waals surface area contributed by atoms with E-state index in [1.165, 1.54) is 6.20 Å². The molecule has 17 heavy (non-hydrogen) atoms. The van der Waals surface area contributed by atoms with Crippen LogP contribution in [0.15, 0.2) is 18.5 Å². The van der Waals surface area contributed by atoms with Gasteiger partial charge >= 0.3 is 0 Å². The van der Waals surface area contributed by atoms with Gasteiger partial charge in [0.05, 0.1) is 18.0 Å². The zero-order valence-corrected chi connectivity index (χ0v) is 10.1. The highest BCUT2D eigenvalue weighted by Crippen LogP contribution is 2.13. The van der Waals surface area contributed by atoms with Gasteiger partial charge in [0.15, 0.2) is 0 Å². The van der Waals surface area contributed by atoms with E-state index in [0.717, 1.165) is 32.5 Å². The van der Waals surface area contributed by atoms with Crippen molar-refractivity contribution in [1.29, 1.82) is 0 Å². The van der Waals surface area contributed by atoms with Crippen LogP contribution < -0.4 is 5.32 Å². The first-order valence-electron chi connectivity index (χ1n) is 6.10. The van der Waals surface area contributed by atoms with Gasteiger partial charge in [0, 0.05) is 19.1 Å². The third-order valence-electron chi connectivity index (χ3n) is 3.11. The highest BCUT2D eigenvalue weighted by molar-refractivity contribution is 5.93. The molecule has 1 aromatic rings. The first kappa shape index (κ1) is 12.0. The second kappa shape index (κ2) is 5.72. The molecule has 1 fully saturated rings. The number of piperidine rings is 1. The summed E-state index contributed by atoms with van der Waals surface area (Å²) in [4.78, 5) is 14.0. The molecule has 1 aliphatic rings. The summed E-state index contributed by atoms with van der Waals surface area (Å²) in [6.45, 7) is 4.74. The van der Waals surface area contributed by atoms with E-state index in [9.17, 15) is 4.79 Å². The predicted octanol–water partition coefficient (Wildman–Crippen LogP) is 0.691. The maximum absolute atomic E-state index is 12.1. The second-order valence-electron chi connectivity index (χ2n) is 4.26. The highest BCUT2D eigenvalue weighted by atomic mass is 16.2. The van der Waals surface area contributed by atoms with Crippen LogP contribution in [0.5, 0.6) is 0 Å². The Morgan fingerprint density at radius 2 is 2.24 bits per heavy atom. The fourth-order valence-corrected chi connectivity index (χ4v) is 2.18. The van der Waals surface area contributed by atoms with Gasteiger partial charge in [-0.2, -0.15) is 10.2 Å². The van der Waals surface area contributed by atoms with Crippen molar-refractivity contribution >= 4 is 5.91 Å². The largest absolute Gasteiger partial charge is 0.338 e. The monoisotopic (exact) mass is 234 g/mol. The molecule has 2 heterocycles. The molecule has 1 aliphatic heterocycles. The van der Waals surface area contributed by atoms with E-state index in [4.69, 9.17) is 0 Å². The molecule has 5 nitrogen and oxygen atoms in total. The minimum Gasteiger partial charge on any atom is -0.338 e. The molecule has 0 bridgehead atoms. The van der Waals surface area contributed by atoms with Gasteiger partial charge in [-0.05, 0) is 25.5 Å². The first-order chi connectivity index (χ1) is 8.31. The van der Waals surface area contributed by atoms with Gasteiger partial charge in [-0.3, -0.25) is 4.79 Å². The van der Waals surface area contributed by atoms with Gasteiger partial charge in [0.1, 0.15) is 0 Å². The van der Waals surface area contributed by atoms with Crippen molar-refractivity contribution in [2.24, 2.45) is 0 Å². The second-order valence-corrected chi connectivity index (χ2v) is 4.26.